The first kappa shape index (κ1) is 15.0. The van der Waals surface area contributed by atoms with Gasteiger partial charge in [-0.15, -0.1) is 0 Å². The number of aromatic nitrogens is 1. The molecule has 0 fully saturated rings. The number of benzene rings is 1. The number of hydrazine groups is 1. The van der Waals surface area contributed by atoms with Crippen LogP contribution >= 0.6 is 15.9 Å². The van der Waals surface area contributed by atoms with Crippen LogP contribution in [0.25, 0.3) is 0 Å². The average Bonchev–Trinajstić information content (AvgIpc) is 2.46. The van der Waals surface area contributed by atoms with E-state index in [0.717, 1.165) is 33.5 Å². The molecule has 1 atom stereocenters. The Hall–Kier alpha value is -1.43. The van der Waals surface area contributed by atoms with Crippen molar-refractivity contribution in [3.8, 4) is 5.75 Å². The molecule has 0 radical (unpaired) electrons. The summed E-state index contributed by atoms with van der Waals surface area (Å²) in [7, 11) is 1.67. The Kier molecular flexibility index (Phi) is 5.11. The van der Waals surface area contributed by atoms with Crippen molar-refractivity contribution >= 4 is 15.9 Å². The molecule has 4 nitrogen and oxygen atoms in total. The molecule has 1 heterocycles. The first-order valence-corrected chi connectivity index (χ1v) is 7.14. The van der Waals surface area contributed by atoms with Crippen LogP contribution in [-0.2, 0) is 6.42 Å². The van der Waals surface area contributed by atoms with Crippen LogP contribution in [0.5, 0.6) is 5.75 Å². The van der Waals surface area contributed by atoms with Gasteiger partial charge in [0, 0.05) is 22.8 Å². The van der Waals surface area contributed by atoms with Gasteiger partial charge in [0.1, 0.15) is 5.75 Å². The van der Waals surface area contributed by atoms with Crippen LogP contribution in [0.4, 0.5) is 0 Å². The fourth-order valence-electron chi connectivity index (χ4n) is 2.13. The van der Waals surface area contributed by atoms with E-state index in [-0.39, 0.29) is 6.04 Å². The second kappa shape index (κ2) is 6.83. The molecule has 0 aliphatic rings. The van der Waals surface area contributed by atoms with Crippen LogP contribution < -0.4 is 16.0 Å². The summed E-state index contributed by atoms with van der Waals surface area (Å²) >= 11 is 3.38. The summed E-state index contributed by atoms with van der Waals surface area (Å²) in [5, 5.41) is 0. The number of hydrogen-bond donors (Lipinski definition) is 2. The van der Waals surface area contributed by atoms with Crippen LogP contribution in [0.3, 0.4) is 0 Å². The molecule has 0 aliphatic heterocycles. The summed E-state index contributed by atoms with van der Waals surface area (Å²) in [4.78, 5) is 4.38. The summed E-state index contributed by atoms with van der Waals surface area (Å²) in [6.45, 7) is 2.02. The predicted molar refractivity (Wildman–Crippen MR) is 83.4 cm³/mol. The number of rotatable bonds is 5. The molecule has 3 N–H and O–H groups in total. The van der Waals surface area contributed by atoms with E-state index >= 15 is 0 Å². The first-order chi connectivity index (χ1) is 9.63. The number of hydrogen-bond acceptors (Lipinski definition) is 4. The van der Waals surface area contributed by atoms with Crippen LogP contribution in [0.1, 0.15) is 22.9 Å². The Morgan fingerprint density at radius 1 is 1.35 bits per heavy atom. The number of nitrogens with one attached hydrogen (secondary N) is 1. The van der Waals surface area contributed by atoms with Crippen LogP contribution in [0.15, 0.2) is 41.0 Å². The van der Waals surface area contributed by atoms with Gasteiger partial charge in [0.2, 0.25) is 0 Å². The van der Waals surface area contributed by atoms with E-state index in [9.17, 15) is 0 Å². The Bertz CT molecular complexity index is 572. The van der Waals surface area contributed by atoms with Crippen molar-refractivity contribution in [2.45, 2.75) is 19.4 Å². The van der Waals surface area contributed by atoms with E-state index in [1.165, 1.54) is 0 Å². The highest BCUT2D eigenvalue weighted by molar-refractivity contribution is 9.10. The van der Waals surface area contributed by atoms with Crippen molar-refractivity contribution in [2.75, 3.05) is 7.11 Å². The highest BCUT2D eigenvalue weighted by Crippen LogP contribution is 2.24. The molecule has 0 saturated heterocycles. The molecule has 1 unspecified atom stereocenters. The van der Waals surface area contributed by atoms with Crippen molar-refractivity contribution < 1.29 is 4.74 Å². The standard InChI is InChI=1S/C15H18BrN3O/c1-10-7-11(3-6-15(10)20-2)14(19-17)8-13-5-4-12(16)9-18-13/h3-7,9,14,19H,8,17H2,1-2H3. The Morgan fingerprint density at radius 3 is 2.70 bits per heavy atom. The maximum absolute atomic E-state index is 5.68. The molecule has 5 heteroatoms. The first-order valence-electron chi connectivity index (χ1n) is 6.35. The number of nitrogens with two attached hydrogens (primary N) is 1. The van der Waals surface area contributed by atoms with Gasteiger partial charge in [-0.05, 0) is 52.2 Å². The minimum Gasteiger partial charge on any atom is -0.496 e. The third-order valence-corrected chi connectivity index (χ3v) is 3.69. The van der Waals surface area contributed by atoms with Gasteiger partial charge in [0.05, 0.1) is 13.2 Å². The van der Waals surface area contributed by atoms with Crippen LogP contribution in [0, 0.1) is 6.92 Å². The Balaban J connectivity index is 2.19. The average molecular weight is 336 g/mol. The van der Waals surface area contributed by atoms with Gasteiger partial charge < -0.3 is 4.74 Å². The molecule has 1 aromatic carbocycles. The fourth-order valence-corrected chi connectivity index (χ4v) is 2.36. The van der Waals surface area contributed by atoms with E-state index in [4.69, 9.17) is 10.6 Å². The van der Waals surface area contributed by atoms with E-state index in [1.807, 2.05) is 31.2 Å². The minimum absolute atomic E-state index is 0.0216. The fraction of sp³-hybridized carbons (Fsp3) is 0.267. The van der Waals surface area contributed by atoms with Crippen molar-refractivity contribution in [3.05, 3.63) is 57.8 Å². The lowest BCUT2D eigenvalue weighted by Gasteiger charge is -2.17. The molecule has 106 valence electrons. The van der Waals surface area contributed by atoms with Crippen LogP contribution in [0.2, 0.25) is 0 Å². The lowest BCUT2D eigenvalue weighted by atomic mass is 10.00. The zero-order valence-corrected chi connectivity index (χ0v) is 13.1. The van der Waals surface area contributed by atoms with Gasteiger partial charge >= 0.3 is 0 Å². The number of halogens is 1. The SMILES string of the molecule is COc1ccc(C(Cc2ccc(Br)cn2)NN)cc1C. The van der Waals surface area contributed by atoms with Gasteiger partial charge in [-0.1, -0.05) is 12.1 Å². The lowest BCUT2D eigenvalue weighted by Crippen LogP contribution is -2.29. The monoisotopic (exact) mass is 335 g/mol. The lowest BCUT2D eigenvalue weighted by molar-refractivity contribution is 0.411. The number of methoxy groups -OCH3 is 1. The van der Waals surface area contributed by atoms with Crippen molar-refractivity contribution in [3.63, 3.8) is 0 Å². The molecule has 2 rings (SSSR count). The topological polar surface area (TPSA) is 60.2 Å². The summed E-state index contributed by atoms with van der Waals surface area (Å²) in [6, 6.07) is 10.1. The van der Waals surface area contributed by atoms with Gasteiger partial charge in [-0.2, -0.15) is 0 Å². The Labute approximate surface area is 127 Å². The molecular weight excluding hydrogens is 318 g/mol. The molecule has 0 aliphatic carbocycles. The Morgan fingerprint density at radius 2 is 2.15 bits per heavy atom. The second-order valence-electron chi connectivity index (χ2n) is 4.62. The van der Waals surface area contributed by atoms with Crippen molar-refractivity contribution in [1.29, 1.82) is 0 Å². The smallest absolute Gasteiger partial charge is 0.121 e. The molecule has 1 aromatic heterocycles. The highest BCUT2D eigenvalue weighted by atomic mass is 79.9. The summed E-state index contributed by atoms with van der Waals surface area (Å²) in [6.07, 6.45) is 2.53. The second-order valence-corrected chi connectivity index (χ2v) is 5.54. The van der Waals surface area contributed by atoms with Crippen molar-refractivity contribution in [1.82, 2.24) is 10.4 Å². The van der Waals surface area contributed by atoms with E-state index in [1.54, 1.807) is 13.3 Å². The quantitative estimate of drug-likeness (QED) is 0.651. The van der Waals surface area contributed by atoms with Gasteiger partial charge in [-0.3, -0.25) is 16.3 Å². The number of nitrogens with zero attached hydrogens (tertiary/aromatic N) is 1. The third-order valence-electron chi connectivity index (χ3n) is 3.22. The molecular formula is C15H18BrN3O. The molecule has 20 heavy (non-hydrogen) atoms. The molecule has 0 spiro atoms. The number of aryl methyl sites for hydroxylation is 1. The van der Waals surface area contributed by atoms with E-state index < -0.39 is 0 Å². The van der Waals surface area contributed by atoms with Crippen LogP contribution in [-0.4, -0.2) is 12.1 Å². The summed E-state index contributed by atoms with van der Waals surface area (Å²) in [5.41, 5.74) is 6.06. The van der Waals surface area contributed by atoms with Gasteiger partial charge in [0.25, 0.3) is 0 Å². The molecule has 0 amide bonds. The molecule has 0 saturated carbocycles. The predicted octanol–water partition coefficient (Wildman–Crippen LogP) is 2.91. The molecule has 0 bridgehead atoms. The zero-order chi connectivity index (χ0) is 14.5. The van der Waals surface area contributed by atoms with Crippen molar-refractivity contribution in [2.24, 2.45) is 5.84 Å². The van der Waals surface area contributed by atoms with Gasteiger partial charge in [-0.25, -0.2) is 0 Å². The van der Waals surface area contributed by atoms with E-state index in [0.29, 0.717) is 0 Å². The number of ether oxygens (including phenoxy) is 1. The largest absolute Gasteiger partial charge is 0.496 e. The summed E-state index contributed by atoms with van der Waals surface area (Å²) in [5.74, 6) is 6.57. The normalized spacial score (nSPS) is 12.2. The molecule has 2 aromatic rings. The third kappa shape index (κ3) is 3.56. The zero-order valence-electron chi connectivity index (χ0n) is 11.6. The highest BCUT2D eigenvalue weighted by Gasteiger charge is 2.12. The maximum atomic E-state index is 5.68. The van der Waals surface area contributed by atoms with E-state index in [2.05, 4.69) is 32.4 Å². The summed E-state index contributed by atoms with van der Waals surface area (Å²) < 4.78 is 6.25. The number of pyridine rings is 1. The van der Waals surface area contributed by atoms with Gasteiger partial charge in [0.15, 0.2) is 0 Å². The maximum Gasteiger partial charge on any atom is 0.121 e. The minimum atomic E-state index is 0.0216.